The second-order valence-corrected chi connectivity index (χ2v) is 6.18. The monoisotopic (exact) mass is 330 g/mol. The average Bonchev–Trinajstić information content (AvgIpc) is 3.12. The molecule has 1 aliphatic carbocycles. The largest absolute Gasteiger partial charge is 0.361 e. The van der Waals surface area contributed by atoms with Gasteiger partial charge in [0, 0.05) is 24.6 Å². The highest BCUT2D eigenvalue weighted by atomic mass is 16.5. The van der Waals surface area contributed by atoms with Crippen LogP contribution in [-0.2, 0) is 30.6 Å². The van der Waals surface area contributed by atoms with Crippen LogP contribution in [0.3, 0.4) is 0 Å². The molecule has 1 N–H and O–H groups in total. The molecule has 0 fully saturated rings. The molecule has 128 valence electrons. The first-order chi connectivity index (χ1) is 11.5. The van der Waals surface area contributed by atoms with E-state index in [0.29, 0.717) is 25.9 Å². The van der Waals surface area contributed by atoms with Crippen LogP contribution in [0.15, 0.2) is 15.4 Å². The third kappa shape index (κ3) is 3.55. The highest BCUT2D eigenvalue weighted by Gasteiger charge is 2.15. The molecule has 0 aromatic carbocycles. The second-order valence-electron chi connectivity index (χ2n) is 6.18. The summed E-state index contributed by atoms with van der Waals surface area (Å²) in [6.07, 6.45) is 3.90. The molecular formula is C17H22N4O3. The summed E-state index contributed by atoms with van der Waals surface area (Å²) in [6, 6.07) is 1.68. The minimum atomic E-state index is -0.0966. The fourth-order valence-electron chi connectivity index (χ4n) is 3.09. The number of fused-ring (bicyclic) bond motifs is 1. The first-order valence-corrected chi connectivity index (χ1v) is 8.33. The zero-order valence-corrected chi connectivity index (χ0v) is 14.1. The van der Waals surface area contributed by atoms with Gasteiger partial charge in [-0.05, 0) is 45.1 Å². The number of hydrogen-bond acceptors (Lipinski definition) is 5. The Morgan fingerprint density at radius 2 is 2.21 bits per heavy atom. The maximum atomic E-state index is 12.0. The lowest BCUT2D eigenvalue weighted by atomic mass is 10.1. The molecule has 1 amide bonds. The number of amides is 1. The molecule has 0 unspecified atom stereocenters. The van der Waals surface area contributed by atoms with E-state index >= 15 is 0 Å². The van der Waals surface area contributed by atoms with Crippen LogP contribution in [0.25, 0.3) is 0 Å². The molecule has 3 rings (SSSR count). The minimum absolute atomic E-state index is 0.0517. The van der Waals surface area contributed by atoms with E-state index in [-0.39, 0.29) is 11.5 Å². The first-order valence-electron chi connectivity index (χ1n) is 8.33. The Kier molecular flexibility index (Phi) is 4.78. The van der Waals surface area contributed by atoms with E-state index in [0.717, 1.165) is 47.5 Å². The van der Waals surface area contributed by atoms with E-state index in [9.17, 15) is 9.59 Å². The van der Waals surface area contributed by atoms with Crippen molar-refractivity contribution in [3.63, 3.8) is 0 Å². The Morgan fingerprint density at radius 1 is 1.38 bits per heavy atom. The van der Waals surface area contributed by atoms with Crippen molar-refractivity contribution in [2.24, 2.45) is 0 Å². The molecule has 0 atom stereocenters. The van der Waals surface area contributed by atoms with Gasteiger partial charge in [-0.25, -0.2) is 4.68 Å². The number of nitrogens with one attached hydrogen (secondary N) is 1. The van der Waals surface area contributed by atoms with E-state index in [1.165, 1.54) is 4.68 Å². The van der Waals surface area contributed by atoms with Gasteiger partial charge in [0.15, 0.2) is 0 Å². The lowest BCUT2D eigenvalue weighted by molar-refractivity contribution is -0.121. The minimum Gasteiger partial charge on any atom is -0.361 e. The molecule has 7 nitrogen and oxygen atoms in total. The van der Waals surface area contributed by atoms with Crippen molar-refractivity contribution >= 4 is 5.91 Å². The van der Waals surface area contributed by atoms with Crippen molar-refractivity contribution in [2.75, 3.05) is 6.54 Å². The van der Waals surface area contributed by atoms with Crippen LogP contribution >= 0.6 is 0 Å². The molecule has 0 saturated carbocycles. The predicted molar refractivity (Wildman–Crippen MR) is 87.8 cm³/mol. The summed E-state index contributed by atoms with van der Waals surface area (Å²) in [6.45, 7) is 4.50. The van der Waals surface area contributed by atoms with Gasteiger partial charge < -0.3 is 9.84 Å². The van der Waals surface area contributed by atoms with Gasteiger partial charge >= 0.3 is 0 Å². The Labute approximate surface area is 140 Å². The molecular weight excluding hydrogens is 308 g/mol. The first kappa shape index (κ1) is 16.4. The van der Waals surface area contributed by atoms with Gasteiger partial charge in [0.2, 0.25) is 5.91 Å². The van der Waals surface area contributed by atoms with Gasteiger partial charge in [0.05, 0.1) is 17.9 Å². The molecule has 0 spiro atoms. The number of aromatic nitrogens is 3. The van der Waals surface area contributed by atoms with Crippen molar-refractivity contribution in [2.45, 2.75) is 52.5 Å². The van der Waals surface area contributed by atoms with E-state index in [1.807, 2.05) is 13.8 Å². The highest BCUT2D eigenvalue weighted by Crippen LogP contribution is 2.17. The van der Waals surface area contributed by atoms with Crippen LogP contribution in [0.1, 0.15) is 41.1 Å². The molecule has 0 saturated heterocycles. The number of aryl methyl sites for hydroxylation is 4. The number of nitrogens with zero attached hydrogens (tertiary/aromatic N) is 3. The van der Waals surface area contributed by atoms with Crippen molar-refractivity contribution in [3.8, 4) is 0 Å². The zero-order valence-electron chi connectivity index (χ0n) is 14.1. The molecule has 2 aromatic heterocycles. The standard InChI is InChI=1S/C17H22N4O3/c1-11-14(12(2)24-20-11)6-7-16(22)18-8-9-21-17(23)10-13-4-3-5-15(13)19-21/h10H,3-9H2,1-2H3,(H,18,22). The van der Waals surface area contributed by atoms with Crippen LogP contribution in [0.2, 0.25) is 0 Å². The Morgan fingerprint density at radius 3 is 2.96 bits per heavy atom. The van der Waals surface area contributed by atoms with Crippen LogP contribution in [0.4, 0.5) is 0 Å². The Balaban J connectivity index is 1.48. The van der Waals surface area contributed by atoms with Crippen LogP contribution in [0, 0.1) is 13.8 Å². The third-order valence-electron chi connectivity index (χ3n) is 4.45. The van der Waals surface area contributed by atoms with Gasteiger partial charge in [-0.15, -0.1) is 0 Å². The summed E-state index contributed by atoms with van der Waals surface area (Å²) in [5, 5.41) is 11.1. The lowest BCUT2D eigenvalue weighted by Crippen LogP contribution is -2.32. The summed E-state index contributed by atoms with van der Waals surface area (Å²) in [5.74, 6) is 0.707. The number of carbonyl (C=O) groups is 1. The van der Waals surface area contributed by atoms with E-state index in [2.05, 4.69) is 15.6 Å². The van der Waals surface area contributed by atoms with Gasteiger partial charge in [-0.1, -0.05) is 5.16 Å². The van der Waals surface area contributed by atoms with Gasteiger partial charge in [0.25, 0.3) is 5.56 Å². The van der Waals surface area contributed by atoms with Crippen LogP contribution < -0.4 is 10.9 Å². The normalized spacial score (nSPS) is 13.1. The lowest BCUT2D eigenvalue weighted by Gasteiger charge is -2.08. The fourth-order valence-corrected chi connectivity index (χ4v) is 3.09. The fraction of sp³-hybridized carbons (Fsp3) is 0.529. The van der Waals surface area contributed by atoms with Gasteiger partial charge in [-0.2, -0.15) is 5.10 Å². The van der Waals surface area contributed by atoms with Crippen molar-refractivity contribution < 1.29 is 9.32 Å². The van der Waals surface area contributed by atoms with Gasteiger partial charge in [0.1, 0.15) is 5.76 Å². The quantitative estimate of drug-likeness (QED) is 0.856. The molecule has 0 radical (unpaired) electrons. The molecule has 2 aromatic rings. The smallest absolute Gasteiger partial charge is 0.267 e. The summed E-state index contributed by atoms with van der Waals surface area (Å²) < 4.78 is 6.53. The van der Waals surface area contributed by atoms with Crippen molar-refractivity contribution in [1.82, 2.24) is 20.3 Å². The van der Waals surface area contributed by atoms with E-state index in [4.69, 9.17) is 4.52 Å². The molecule has 24 heavy (non-hydrogen) atoms. The summed E-state index contributed by atoms with van der Waals surface area (Å²) in [4.78, 5) is 23.9. The maximum Gasteiger partial charge on any atom is 0.267 e. The summed E-state index contributed by atoms with van der Waals surface area (Å²) in [7, 11) is 0. The molecule has 0 bridgehead atoms. The topological polar surface area (TPSA) is 90.0 Å². The van der Waals surface area contributed by atoms with Crippen molar-refractivity contribution in [1.29, 1.82) is 0 Å². The second kappa shape index (κ2) is 6.98. The Bertz CT molecular complexity index is 787. The van der Waals surface area contributed by atoms with Crippen LogP contribution in [0.5, 0.6) is 0 Å². The number of hydrogen-bond donors (Lipinski definition) is 1. The van der Waals surface area contributed by atoms with Crippen molar-refractivity contribution in [3.05, 3.63) is 44.7 Å². The molecule has 7 heteroatoms. The summed E-state index contributed by atoms with van der Waals surface area (Å²) in [5.41, 5.74) is 3.80. The van der Waals surface area contributed by atoms with Gasteiger partial charge in [-0.3, -0.25) is 9.59 Å². The third-order valence-corrected chi connectivity index (χ3v) is 4.45. The molecule has 2 heterocycles. The average molecular weight is 330 g/mol. The van der Waals surface area contributed by atoms with E-state index < -0.39 is 0 Å². The summed E-state index contributed by atoms with van der Waals surface area (Å²) >= 11 is 0. The zero-order chi connectivity index (χ0) is 17.1. The maximum absolute atomic E-state index is 12.0. The molecule has 1 aliphatic rings. The highest BCUT2D eigenvalue weighted by molar-refractivity contribution is 5.76. The SMILES string of the molecule is Cc1noc(C)c1CCC(=O)NCCn1nc2c(cc1=O)CCC2. The molecule has 0 aliphatic heterocycles. The Hall–Kier alpha value is -2.44. The van der Waals surface area contributed by atoms with Crippen LogP contribution in [-0.4, -0.2) is 27.4 Å². The number of carbonyl (C=O) groups excluding carboxylic acids is 1. The predicted octanol–water partition coefficient (Wildman–Crippen LogP) is 1.09. The van der Waals surface area contributed by atoms with E-state index in [1.54, 1.807) is 6.07 Å². The number of rotatable bonds is 6.